The van der Waals surface area contributed by atoms with Gasteiger partial charge in [0.25, 0.3) is 0 Å². The van der Waals surface area contributed by atoms with Gasteiger partial charge in [-0.1, -0.05) is 37.6 Å². The Morgan fingerprint density at radius 3 is 2.31 bits per heavy atom. The largest absolute Gasteiger partial charge is 0.393 e. The first kappa shape index (κ1) is 14.7. The molecular weight excluding hydrogens is 160 g/mol. The zero-order valence-electron chi connectivity index (χ0n) is 8.92. The fourth-order valence-corrected chi connectivity index (χ4v) is 1.03. The van der Waals surface area contributed by atoms with Crippen LogP contribution in [0.3, 0.4) is 0 Å². The van der Waals surface area contributed by atoms with Crippen molar-refractivity contribution >= 4 is 0 Å². The molecule has 0 spiro atoms. The third-order valence-electron chi connectivity index (χ3n) is 1.73. The van der Waals surface area contributed by atoms with Crippen molar-refractivity contribution in [3.8, 4) is 0 Å². The van der Waals surface area contributed by atoms with Crippen molar-refractivity contribution in [1.82, 2.24) is 0 Å². The highest BCUT2D eigenvalue weighted by Crippen LogP contribution is 2.10. The molecule has 13 heavy (non-hydrogen) atoms. The predicted molar refractivity (Wildman–Crippen MR) is 60.7 cm³/mol. The molecule has 0 aromatic carbocycles. The maximum absolute atomic E-state index is 9.39. The Balaban J connectivity index is 0. The lowest BCUT2D eigenvalue weighted by Crippen LogP contribution is -2.05. The summed E-state index contributed by atoms with van der Waals surface area (Å²) in [6.07, 6.45) is 6.27. The van der Waals surface area contributed by atoms with Crippen molar-refractivity contribution in [1.29, 1.82) is 0 Å². The van der Waals surface area contributed by atoms with Gasteiger partial charge in [0.15, 0.2) is 0 Å². The van der Waals surface area contributed by atoms with Crippen LogP contribution in [-0.2, 0) is 0 Å². The summed E-state index contributed by atoms with van der Waals surface area (Å²) in [6, 6.07) is 0. The molecule has 0 aliphatic heterocycles. The number of hydrogen-bond donors (Lipinski definition) is 1. The summed E-state index contributed by atoms with van der Waals surface area (Å²) >= 11 is 0. The van der Waals surface area contributed by atoms with E-state index >= 15 is 0 Å². The van der Waals surface area contributed by atoms with Crippen molar-refractivity contribution < 1.29 is 5.11 Å². The summed E-state index contributed by atoms with van der Waals surface area (Å²) in [7, 11) is 0. The van der Waals surface area contributed by atoms with Crippen LogP contribution in [0.4, 0.5) is 0 Å². The SMILES string of the molecule is C=C.C=C/C(=C\C)CC(O)CCC. The number of allylic oxidation sites excluding steroid dienone is 2. The second kappa shape index (κ2) is 11.2. The lowest BCUT2D eigenvalue weighted by atomic mass is 10.1. The summed E-state index contributed by atoms with van der Waals surface area (Å²) in [5.41, 5.74) is 1.13. The van der Waals surface area contributed by atoms with Crippen LogP contribution in [0.25, 0.3) is 0 Å². The van der Waals surface area contributed by atoms with Crippen molar-refractivity contribution in [3.63, 3.8) is 0 Å². The van der Waals surface area contributed by atoms with Gasteiger partial charge in [0.1, 0.15) is 0 Å². The molecule has 0 rings (SSSR count). The van der Waals surface area contributed by atoms with Gasteiger partial charge >= 0.3 is 0 Å². The van der Waals surface area contributed by atoms with Gasteiger partial charge in [0.2, 0.25) is 0 Å². The molecule has 0 amide bonds. The van der Waals surface area contributed by atoms with Crippen molar-refractivity contribution in [2.24, 2.45) is 0 Å². The molecule has 1 nitrogen and oxygen atoms in total. The lowest BCUT2D eigenvalue weighted by molar-refractivity contribution is 0.164. The first-order chi connectivity index (χ1) is 6.24. The summed E-state index contributed by atoms with van der Waals surface area (Å²) < 4.78 is 0. The molecule has 0 aliphatic rings. The van der Waals surface area contributed by atoms with Crippen LogP contribution in [-0.4, -0.2) is 11.2 Å². The van der Waals surface area contributed by atoms with Gasteiger partial charge in [-0.15, -0.1) is 13.2 Å². The fourth-order valence-electron chi connectivity index (χ4n) is 1.03. The van der Waals surface area contributed by atoms with Crippen LogP contribution in [0.15, 0.2) is 37.5 Å². The third-order valence-corrected chi connectivity index (χ3v) is 1.73. The van der Waals surface area contributed by atoms with E-state index in [9.17, 15) is 5.11 Å². The Kier molecular flexibility index (Phi) is 12.6. The van der Waals surface area contributed by atoms with E-state index in [1.54, 1.807) is 6.08 Å². The minimum absolute atomic E-state index is 0.191. The first-order valence-electron chi connectivity index (χ1n) is 4.70. The molecule has 0 aliphatic carbocycles. The molecular formula is C12H22O. The third kappa shape index (κ3) is 9.09. The van der Waals surface area contributed by atoms with Gasteiger partial charge in [0, 0.05) is 0 Å². The second-order valence-corrected chi connectivity index (χ2v) is 2.71. The Morgan fingerprint density at radius 1 is 1.46 bits per heavy atom. The normalized spacial score (nSPS) is 12.7. The van der Waals surface area contributed by atoms with E-state index in [1.165, 1.54) is 0 Å². The second-order valence-electron chi connectivity index (χ2n) is 2.71. The van der Waals surface area contributed by atoms with Crippen LogP contribution in [0.5, 0.6) is 0 Å². The molecule has 0 saturated carbocycles. The van der Waals surface area contributed by atoms with E-state index in [4.69, 9.17) is 0 Å². The molecule has 1 heteroatoms. The monoisotopic (exact) mass is 182 g/mol. The van der Waals surface area contributed by atoms with Crippen molar-refractivity contribution in [3.05, 3.63) is 37.5 Å². The number of rotatable bonds is 5. The highest BCUT2D eigenvalue weighted by Gasteiger charge is 2.02. The molecule has 0 radical (unpaired) electrons. The molecule has 0 bridgehead atoms. The quantitative estimate of drug-likeness (QED) is 0.510. The molecule has 0 heterocycles. The minimum Gasteiger partial charge on any atom is -0.393 e. The van der Waals surface area contributed by atoms with E-state index in [1.807, 2.05) is 13.0 Å². The van der Waals surface area contributed by atoms with E-state index in [0.29, 0.717) is 0 Å². The molecule has 1 atom stereocenters. The fraction of sp³-hybridized carbons (Fsp3) is 0.500. The number of aliphatic hydroxyl groups is 1. The smallest absolute Gasteiger partial charge is 0.0580 e. The van der Waals surface area contributed by atoms with E-state index in [-0.39, 0.29) is 6.10 Å². The number of aliphatic hydroxyl groups excluding tert-OH is 1. The van der Waals surface area contributed by atoms with Crippen molar-refractivity contribution in [2.75, 3.05) is 0 Å². The highest BCUT2D eigenvalue weighted by molar-refractivity contribution is 5.15. The van der Waals surface area contributed by atoms with E-state index in [2.05, 4.69) is 26.7 Å². The van der Waals surface area contributed by atoms with Crippen LogP contribution >= 0.6 is 0 Å². The van der Waals surface area contributed by atoms with E-state index in [0.717, 1.165) is 24.8 Å². The first-order valence-corrected chi connectivity index (χ1v) is 4.70. The summed E-state index contributed by atoms with van der Waals surface area (Å²) in [6.45, 7) is 13.7. The maximum Gasteiger partial charge on any atom is 0.0580 e. The van der Waals surface area contributed by atoms with Gasteiger partial charge < -0.3 is 5.11 Å². The van der Waals surface area contributed by atoms with Crippen LogP contribution in [0.2, 0.25) is 0 Å². The van der Waals surface area contributed by atoms with E-state index < -0.39 is 0 Å². The zero-order valence-corrected chi connectivity index (χ0v) is 8.92. The Morgan fingerprint density at radius 2 is 2.00 bits per heavy atom. The van der Waals surface area contributed by atoms with Crippen LogP contribution in [0, 0.1) is 0 Å². The van der Waals surface area contributed by atoms with Gasteiger partial charge in [0.05, 0.1) is 6.10 Å². The highest BCUT2D eigenvalue weighted by atomic mass is 16.3. The van der Waals surface area contributed by atoms with Crippen molar-refractivity contribution in [2.45, 2.75) is 39.2 Å². The average Bonchev–Trinajstić information content (AvgIpc) is 2.18. The Bertz CT molecular complexity index is 147. The average molecular weight is 182 g/mol. The minimum atomic E-state index is -0.191. The van der Waals surface area contributed by atoms with Crippen LogP contribution in [0.1, 0.15) is 33.1 Å². The molecule has 1 unspecified atom stereocenters. The topological polar surface area (TPSA) is 20.2 Å². The molecule has 0 aromatic rings. The van der Waals surface area contributed by atoms with Crippen LogP contribution < -0.4 is 0 Å². The molecule has 76 valence electrons. The predicted octanol–water partition coefficient (Wildman–Crippen LogP) is 3.47. The summed E-state index contributed by atoms with van der Waals surface area (Å²) in [5, 5.41) is 9.39. The zero-order chi connectivity index (χ0) is 10.7. The summed E-state index contributed by atoms with van der Waals surface area (Å²) in [4.78, 5) is 0. The van der Waals surface area contributed by atoms with Gasteiger partial charge in [-0.25, -0.2) is 0 Å². The Hall–Kier alpha value is -0.820. The lowest BCUT2D eigenvalue weighted by Gasteiger charge is -2.08. The van der Waals surface area contributed by atoms with Gasteiger partial charge in [-0.3, -0.25) is 0 Å². The van der Waals surface area contributed by atoms with Gasteiger partial charge in [-0.2, -0.15) is 0 Å². The molecule has 0 aromatic heterocycles. The molecule has 0 saturated heterocycles. The molecule has 0 fully saturated rings. The maximum atomic E-state index is 9.39. The van der Waals surface area contributed by atoms with Gasteiger partial charge in [-0.05, 0) is 19.8 Å². The Labute approximate surface area is 82.5 Å². The number of hydrogen-bond acceptors (Lipinski definition) is 1. The summed E-state index contributed by atoms with van der Waals surface area (Å²) in [5.74, 6) is 0. The standard InChI is InChI=1S/C10H18O.C2H4/c1-4-7-10(11)8-9(5-2)6-3;1-2/h5-6,10-11H,2,4,7-8H2,1,3H3;1-2H2/b9-6+;. The molecule has 1 N–H and O–H groups in total.